The molecule has 0 aliphatic rings. The summed E-state index contributed by atoms with van der Waals surface area (Å²) in [7, 11) is 0. The molecular formula is C15H10FNO3. The molecule has 0 atom stereocenters. The lowest BCUT2D eigenvalue weighted by molar-refractivity contribution is -0.385. The minimum atomic E-state index is -0.608. The Morgan fingerprint density at radius 2 is 1.90 bits per heavy atom. The van der Waals surface area contributed by atoms with Crippen LogP contribution in [0.25, 0.3) is 6.08 Å². The van der Waals surface area contributed by atoms with Crippen molar-refractivity contribution in [1.29, 1.82) is 0 Å². The summed E-state index contributed by atoms with van der Waals surface area (Å²) in [5.41, 5.74) is 0.267. The third-order valence-electron chi connectivity index (χ3n) is 2.64. The Bertz CT molecular complexity index is 695. The smallest absolute Gasteiger partial charge is 0.280 e. The fraction of sp³-hybridized carbons (Fsp3) is 0. The van der Waals surface area contributed by atoms with E-state index in [-0.39, 0.29) is 11.3 Å². The van der Waals surface area contributed by atoms with Crippen LogP contribution in [0.1, 0.15) is 15.9 Å². The normalized spacial score (nSPS) is 10.7. The first-order valence-corrected chi connectivity index (χ1v) is 5.79. The largest absolute Gasteiger partial charge is 0.289 e. The van der Waals surface area contributed by atoms with Gasteiger partial charge in [0, 0.05) is 6.07 Å². The Hall–Kier alpha value is -2.82. The zero-order chi connectivity index (χ0) is 14.5. The molecule has 0 amide bonds. The van der Waals surface area contributed by atoms with Crippen LogP contribution in [0.15, 0.2) is 54.6 Å². The van der Waals surface area contributed by atoms with Crippen molar-refractivity contribution in [3.8, 4) is 0 Å². The molecule has 0 saturated carbocycles. The molecule has 20 heavy (non-hydrogen) atoms. The topological polar surface area (TPSA) is 60.2 Å². The number of carbonyl (C=O) groups is 1. The molecule has 0 bridgehead atoms. The number of halogens is 1. The molecule has 100 valence electrons. The molecule has 0 heterocycles. The van der Waals surface area contributed by atoms with E-state index in [1.165, 1.54) is 48.6 Å². The van der Waals surface area contributed by atoms with Gasteiger partial charge in [-0.15, -0.1) is 0 Å². The SMILES string of the molecule is O=C(/C=C/c1cccc(F)c1)c1ccccc1[N+](=O)[O-]. The van der Waals surface area contributed by atoms with Crippen LogP contribution < -0.4 is 0 Å². The summed E-state index contributed by atoms with van der Waals surface area (Å²) < 4.78 is 13.0. The summed E-state index contributed by atoms with van der Waals surface area (Å²) in [4.78, 5) is 22.2. The van der Waals surface area contributed by atoms with Crippen molar-refractivity contribution in [3.05, 3.63) is 81.7 Å². The van der Waals surface area contributed by atoms with Crippen LogP contribution in [0.3, 0.4) is 0 Å². The second kappa shape index (κ2) is 5.88. The van der Waals surface area contributed by atoms with Crippen molar-refractivity contribution in [2.24, 2.45) is 0 Å². The average molecular weight is 271 g/mol. The van der Waals surface area contributed by atoms with Gasteiger partial charge in [-0.3, -0.25) is 14.9 Å². The van der Waals surface area contributed by atoms with E-state index in [4.69, 9.17) is 0 Å². The molecule has 0 aliphatic heterocycles. The second-order valence-electron chi connectivity index (χ2n) is 4.03. The molecule has 0 N–H and O–H groups in total. The minimum Gasteiger partial charge on any atom is -0.289 e. The summed E-state index contributed by atoms with van der Waals surface area (Å²) in [6.07, 6.45) is 2.61. The number of nitro benzene ring substituents is 1. The Labute approximate surface area is 114 Å². The van der Waals surface area contributed by atoms with Gasteiger partial charge in [0.15, 0.2) is 5.78 Å². The molecule has 0 fully saturated rings. The molecule has 0 unspecified atom stereocenters. The first kappa shape index (κ1) is 13.6. The lowest BCUT2D eigenvalue weighted by Gasteiger charge is -1.98. The fourth-order valence-electron chi connectivity index (χ4n) is 1.71. The molecule has 0 aliphatic carbocycles. The van der Waals surface area contributed by atoms with Crippen molar-refractivity contribution in [1.82, 2.24) is 0 Å². The quantitative estimate of drug-likeness (QED) is 0.369. The minimum absolute atomic E-state index is 0.00477. The monoisotopic (exact) mass is 271 g/mol. The maximum atomic E-state index is 13.0. The highest BCUT2D eigenvalue weighted by atomic mass is 19.1. The van der Waals surface area contributed by atoms with Crippen molar-refractivity contribution >= 4 is 17.5 Å². The Kier molecular flexibility index (Phi) is 4.00. The van der Waals surface area contributed by atoms with E-state index in [9.17, 15) is 19.3 Å². The number of hydrogen-bond donors (Lipinski definition) is 0. The van der Waals surface area contributed by atoms with Crippen LogP contribution >= 0.6 is 0 Å². The molecule has 4 nitrogen and oxygen atoms in total. The lowest BCUT2D eigenvalue weighted by Crippen LogP contribution is -2.00. The van der Waals surface area contributed by atoms with Crippen LogP contribution in [-0.2, 0) is 0 Å². The predicted molar refractivity (Wildman–Crippen MR) is 72.9 cm³/mol. The number of rotatable bonds is 4. The van der Waals surface area contributed by atoms with E-state index in [0.717, 1.165) is 0 Å². The zero-order valence-corrected chi connectivity index (χ0v) is 10.3. The van der Waals surface area contributed by atoms with Crippen LogP contribution in [-0.4, -0.2) is 10.7 Å². The molecule has 2 aromatic carbocycles. The number of carbonyl (C=O) groups excluding carboxylic acids is 1. The van der Waals surface area contributed by atoms with Gasteiger partial charge in [0.25, 0.3) is 5.69 Å². The number of hydrogen-bond acceptors (Lipinski definition) is 3. The van der Waals surface area contributed by atoms with Gasteiger partial charge in [-0.2, -0.15) is 0 Å². The molecule has 5 heteroatoms. The average Bonchev–Trinajstić information content (AvgIpc) is 2.45. The van der Waals surface area contributed by atoms with Gasteiger partial charge >= 0.3 is 0 Å². The standard InChI is InChI=1S/C15H10FNO3/c16-12-5-3-4-11(10-12)8-9-15(18)13-6-1-2-7-14(13)17(19)20/h1-10H/b9-8+. The predicted octanol–water partition coefficient (Wildman–Crippen LogP) is 3.63. The third-order valence-corrected chi connectivity index (χ3v) is 2.64. The fourth-order valence-corrected chi connectivity index (χ4v) is 1.71. The van der Waals surface area contributed by atoms with E-state index in [1.807, 2.05) is 0 Å². The maximum Gasteiger partial charge on any atom is 0.280 e. The number of ketones is 1. The summed E-state index contributed by atoms with van der Waals surface area (Å²) in [5.74, 6) is -0.910. The van der Waals surface area contributed by atoms with Gasteiger partial charge in [0.1, 0.15) is 5.82 Å². The first-order chi connectivity index (χ1) is 9.58. The second-order valence-corrected chi connectivity index (χ2v) is 4.03. The van der Waals surface area contributed by atoms with Gasteiger partial charge in [0.2, 0.25) is 0 Å². The number of nitrogens with zero attached hydrogens (tertiary/aromatic N) is 1. The van der Waals surface area contributed by atoms with Crippen LogP contribution in [0.2, 0.25) is 0 Å². The maximum absolute atomic E-state index is 13.0. The Balaban J connectivity index is 2.27. The number of benzene rings is 2. The number of para-hydroxylation sites is 1. The van der Waals surface area contributed by atoms with Crippen molar-refractivity contribution in [2.75, 3.05) is 0 Å². The molecule has 2 rings (SSSR count). The summed E-state index contributed by atoms with van der Waals surface area (Å²) in [6, 6.07) is 11.4. The van der Waals surface area contributed by atoms with Crippen molar-refractivity contribution in [2.45, 2.75) is 0 Å². The van der Waals surface area contributed by atoms with E-state index < -0.39 is 16.5 Å². The van der Waals surface area contributed by atoms with Crippen LogP contribution in [0.5, 0.6) is 0 Å². The summed E-state index contributed by atoms with van der Waals surface area (Å²) >= 11 is 0. The molecule has 2 aromatic rings. The molecule has 0 spiro atoms. The van der Waals surface area contributed by atoms with Crippen LogP contribution in [0.4, 0.5) is 10.1 Å². The Morgan fingerprint density at radius 3 is 2.60 bits per heavy atom. The van der Waals surface area contributed by atoms with E-state index in [0.29, 0.717) is 5.56 Å². The molecule has 0 saturated heterocycles. The molecule has 0 radical (unpaired) electrons. The zero-order valence-electron chi connectivity index (χ0n) is 10.3. The van der Waals surface area contributed by atoms with Gasteiger partial charge in [0.05, 0.1) is 10.5 Å². The van der Waals surface area contributed by atoms with E-state index >= 15 is 0 Å². The lowest BCUT2D eigenvalue weighted by atomic mass is 10.1. The highest BCUT2D eigenvalue weighted by Crippen LogP contribution is 2.19. The van der Waals surface area contributed by atoms with Crippen molar-refractivity contribution in [3.63, 3.8) is 0 Å². The number of nitro groups is 1. The summed E-state index contributed by atoms with van der Waals surface area (Å²) in [5, 5.41) is 10.8. The molecule has 0 aromatic heterocycles. The van der Waals surface area contributed by atoms with Gasteiger partial charge < -0.3 is 0 Å². The molecular weight excluding hydrogens is 261 g/mol. The van der Waals surface area contributed by atoms with Gasteiger partial charge in [-0.25, -0.2) is 4.39 Å². The van der Waals surface area contributed by atoms with Crippen LogP contribution in [0, 0.1) is 15.9 Å². The highest BCUT2D eigenvalue weighted by molar-refractivity contribution is 6.09. The highest BCUT2D eigenvalue weighted by Gasteiger charge is 2.16. The Morgan fingerprint density at radius 1 is 1.15 bits per heavy atom. The number of allylic oxidation sites excluding steroid dienone is 1. The first-order valence-electron chi connectivity index (χ1n) is 5.79. The van der Waals surface area contributed by atoms with Crippen molar-refractivity contribution < 1.29 is 14.1 Å². The van der Waals surface area contributed by atoms with E-state index in [1.54, 1.807) is 12.1 Å². The van der Waals surface area contributed by atoms with Gasteiger partial charge in [-0.1, -0.05) is 30.3 Å². The van der Waals surface area contributed by atoms with Gasteiger partial charge in [-0.05, 0) is 29.8 Å². The summed E-state index contributed by atoms with van der Waals surface area (Å²) in [6.45, 7) is 0. The van der Waals surface area contributed by atoms with E-state index in [2.05, 4.69) is 0 Å². The third kappa shape index (κ3) is 3.14.